The van der Waals surface area contributed by atoms with Gasteiger partial charge in [0.1, 0.15) is 6.10 Å². The van der Waals surface area contributed by atoms with Crippen LogP contribution in [-0.2, 0) is 9.53 Å². The van der Waals surface area contributed by atoms with Crippen molar-refractivity contribution in [2.24, 2.45) is 5.73 Å². The van der Waals surface area contributed by atoms with Crippen LogP contribution in [0.15, 0.2) is 0 Å². The van der Waals surface area contributed by atoms with Crippen molar-refractivity contribution in [2.75, 3.05) is 19.6 Å². The Hall–Kier alpha value is -0.650. The third-order valence-corrected chi connectivity index (χ3v) is 4.83. The SMILES string of the molecule is NC[C@H]1CC[C@@H](C(=O)NC2CCN3CCCC3C2)O1. The number of ether oxygens (including phenoxy) is 1. The highest BCUT2D eigenvalue weighted by molar-refractivity contribution is 5.81. The van der Waals surface area contributed by atoms with Gasteiger partial charge < -0.3 is 20.7 Å². The summed E-state index contributed by atoms with van der Waals surface area (Å²) in [5.74, 6) is 0.0763. The van der Waals surface area contributed by atoms with Gasteiger partial charge in [0.2, 0.25) is 5.91 Å². The van der Waals surface area contributed by atoms with Crippen molar-refractivity contribution in [1.29, 1.82) is 0 Å². The molecule has 0 spiro atoms. The molecule has 0 aliphatic carbocycles. The lowest BCUT2D eigenvalue weighted by Gasteiger charge is -2.35. The molecule has 0 aromatic heterocycles. The molecule has 3 heterocycles. The summed E-state index contributed by atoms with van der Waals surface area (Å²) in [7, 11) is 0. The van der Waals surface area contributed by atoms with Gasteiger partial charge in [-0.2, -0.15) is 0 Å². The fourth-order valence-electron chi connectivity index (χ4n) is 3.72. The predicted molar refractivity (Wildman–Crippen MR) is 72.7 cm³/mol. The third kappa shape index (κ3) is 2.93. The average molecular weight is 267 g/mol. The zero-order valence-electron chi connectivity index (χ0n) is 11.5. The summed E-state index contributed by atoms with van der Waals surface area (Å²) in [5.41, 5.74) is 5.58. The molecule has 19 heavy (non-hydrogen) atoms. The second kappa shape index (κ2) is 5.77. The average Bonchev–Trinajstić information content (AvgIpc) is 3.06. The molecule has 3 saturated heterocycles. The van der Waals surface area contributed by atoms with E-state index in [9.17, 15) is 4.79 Å². The van der Waals surface area contributed by atoms with E-state index in [-0.39, 0.29) is 18.1 Å². The van der Waals surface area contributed by atoms with E-state index in [0.717, 1.165) is 32.2 Å². The maximum atomic E-state index is 12.2. The highest BCUT2D eigenvalue weighted by Gasteiger charge is 2.35. The minimum atomic E-state index is -0.268. The monoisotopic (exact) mass is 267 g/mol. The van der Waals surface area contributed by atoms with Gasteiger partial charge in [0, 0.05) is 25.2 Å². The van der Waals surface area contributed by atoms with Crippen LogP contribution in [0.4, 0.5) is 0 Å². The van der Waals surface area contributed by atoms with Crippen LogP contribution < -0.4 is 11.1 Å². The largest absolute Gasteiger partial charge is 0.364 e. The Kier molecular flexibility index (Phi) is 4.05. The zero-order valence-corrected chi connectivity index (χ0v) is 11.5. The second-order valence-electron chi connectivity index (χ2n) is 6.12. The van der Waals surface area contributed by atoms with Gasteiger partial charge in [-0.25, -0.2) is 0 Å². The number of nitrogens with one attached hydrogen (secondary N) is 1. The quantitative estimate of drug-likeness (QED) is 0.768. The molecule has 0 saturated carbocycles. The minimum absolute atomic E-state index is 0.0763. The number of hydrogen-bond acceptors (Lipinski definition) is 4. The van der Waals surface area contributed by atoms with Gasteiger partial charge in [0.05, 0.1) is 6.10 Å². The Labute approximate surface area is 114 Å². The maximum absolute atomic E-state index is 12.2. The number of fused-ring (bicyclic) bond motifs is 1. The predicted octanol–water partition coefficient (Wildman–Crippen LogP) is 0.236. The molecule has 0 aromatic carbocycles. The van der Waals surface area contributed by atoms with Crippen molar-refractivity contribution in [1.82, 2.24) is 10.2 Å². The van der Waals surface area contributed by atoms with E-state index in [1.165, 1.54) is 19.4 Å². The highest BCUT2D eigenvalue weighted by atomic mass is 16.5. The molecule has 4 atom stereocenters. The molecule has 5 heteroatoms. The van der Waals surface area contributed by atoms with Gasteiger partial charge >= 0.3 is 0 Å². The van der Waals surface area contributed by atoms with Crippen LogP contribution in [-0.4, -0.2) is 54.7 Å². The molecule has 3 aliphatic rings. The fourth-order valence-corrected chi connectivity index (χ4v) is 3.72. The lowest BCUT2D eigenvalue weighted by Crippen LogP contribution is -2.49. The molecule has 3 fully saturated rings. The van der Waals surface area contributed by atoms with E-state index in [2.05, 4.69) is 10.2 Å². The van der Waals surface area contributed by atoms with Gasteiger partial charge in [-0.1, -0.05) is 0 Å². The number of amides is 1. The molecular formula is C14H25N3O2. The van der Waals surface area contributed by atoms with Crippen LogP contribution >= 0.6 is 0 Å². The first-order valence-corrected chi connectivity index (χ1v) is 7.66. The molecule has 5 nitrogen and oxygen atoms in total. The molecule has 0 bridgehead atoms. The third-order valence-electron chi connectivity index (χ3n) is 4.83. The highest BCUT2D eigenvalue weighted by Crippen LogP contribution is 2.27. The van der Waals surface area contributed by atoms with Crippen molar-refractivity contribution < 1.29 is 9.53 Å². The number of nitrogens with two attached hydrogens (primary N) is 1. The Morgan fingerprint density at radius 1 is 1.26 bits per heavy atom. The molecule has 3 aliphatic heterocycles. The lowest BCUT2D eigenvalue weighted by atomic mass is 9.97. The standard InChI is InChI=1S/C14H25N3O2/c15-9-12-3-4-13(19-12)14(18)16-10-5-7-17-6-1-2-11(17)8-10/h10-13H,1-9,15H2,(H,16,18)/t10?,11?,12-,13+/m1/s1. The van der Waals surface area contributed by atoms with Crippen LogP contribution in [0.1, 0.15) is 38.5 Å². The molecular weight excluding hydrogens is 242 g/mol. The van der Waals surface area contributed by atoms with Crippen LogP contribution in [0.5, 0.6) is 0 Å². The van der Waals surface area contributed by atoms with Crippen molar-refractivity contribution in [2.45, 2.75) is 62.8 Å². The first kappa shape index (κ1) is 13.3. The summed E-state index contributed by atoms with van der Waals surface area (Å²) in [6.45, 7) is 2.89. The minimum Gasteiger partial charge on any atom is -0.364 e. The number of piperidine rings is 1. The molecule has 108 valence electrons. The van der Waals surface area contributed by atoms with Gasteiger partial charge in [-0.3, -0.25) is 4.79 Å². The van der Waals surface area contributed by atoms with E-state index < -0.39 is 0 Å². The number of hydrogen-bond donors (Lipinski definition) is 2. The Balaban J connectivity index is 1.47. The molecule has 2 unspecified atom stereocenters. The summed E-state index contributed by atoms with van der Waals surface area (Å²) in [6.07, 6.45) is 6.33. The summed E-state index contributed by atoms with van der Waals surface area (Å²) in [5, 5.41) is 3.19. The molecule has 3 N–H and O–H groups in total. The molecule has 1 amide bonds. The Morgan fingerprint density at radius 2 is 2.16 bits per heavy atom. The van der Waals surface area contributed by atoms with Gasteiger partial charge in [0.15, 0.2) is 0 Å². The first-order valence-electron chi connectivity index (χ1n) is 7.66. The van der Waals surface area contributed by atoms with E-state index in [0.29, 0.717) is 18.6 Å². The van der Waals surface area contributed by atoms with Crippen molar-refractivity contribution >= 4 is 5.91 Å². The fraction of sp³-hybridized carbons (Fsp3) is 0.929. The molecule has 0 radical (unpaired) electrons. The van der Waals surface area contributed by atoms with Crippen molar-refractivity contribution in [3.05, 3.63) is 0 Å². The van der Waals surface area contributed by atoms with Crippen LogP contribution in [0.3, 0.4) is 0 Å². The lowest BCUT2D eigenvalue weighted by molar-refractivity contribution is -0.133. The van der Waals surface area contributed by atoms with Gasteiger partial charge in [-0.15, -0.1) is 0 Å². The van der Waals surface area contributed by atoms with E-state index in [1.807, 2.05) is 0 Å². The summed E-state index contributed by atoms with van der Waals surface area (Å²) >= 11 is 0. The van der Waals surface area contributed by atoms with Crippen molar-refractivity contribution in [3.63, 3.8) is 0 Å². The van der Waals surface area contributed by atoms with Crippen LogP contribution in [0, 0.1) is 0 Å². The topological polar surface area (TPSA) is 67.6 Å². The Bertz CT molecular complexity index is 337. The number of rotatable bonds is 3. The molecule has 3 rings (SSSR count). The van der Waals surface area contributed by atoms with Gasteiger partial charge in [-0.05, 0) is 45.1 Å². The number of carbonyl (C=O) groups excluding carboxylic acids is 1. The first-order chi connectivity index (χ1) is 9.26. The normalized spacial score (nSPS) is 39.2. The second-order valence-corrected chi connectivity index (χ2v) is 6.12. The molecule has 0 aromatic rings. The number of nitrogens with zero attached hydrogens (tertiary/aromatic N) is 1. The van der Waals surface area contributed by atoms with Crippen LogP contribution in [0.25, 0.3) is 0 Å². The maximum Gasteiger partial charge on any atom is 0.249 e. The summed E-state index contributed by atoms with van der Waals surface area (Å²) < 4.78 is 5.65. The van der Waals surface area contributed by atoms with E-state index in [4.69, 9.17) is 10.5 Å². The summed E-state index contributed by atoms with van der Waals surface area (Å²) in [4.78, 5) is 14.7. The smallest absolute Gasteiger partial charge is 0.249 e. The number of carbonyl (C=O) groups is 1. The zero-order chi connectivity index (χ0) is 13.2. The van der Waals surface area contributed by atoms with Crippen molar-refractivity contribution in [3.8, 4) is 0 Å². The Morgan fingerprint density at radius 3 is 2.95 bits per heavy atom. The van der Waals surface area contributed by atoms with E-state index >= 15 is 0 Å². The van der Waals surface area contributed by atoms with Gasteiger partial charge in [0.25, 0.3) is 0 Å². The van der Waals surface area contributed by atoms with Crippen LogP contribution in [0.2, 0.25) is 0 Å². The van der Waals surface area contributed by atoms with E-state index in [1.54, 1.807) is 0 Å². The summed E-state index contributed by atoms with van der Waals surface area (Å²) in [6, 6.07) is 1.03.